The molecule has 1 unspecified atom stereocenters. The van der Waals surface area contributed by atoms with Crippen molar-refractivity contribution in [1.82, 2.24) is 0 Å². The largest absolute Gasteiger partial charge is 0.461 e. The number of hydrogen-bond acceptors (Lipinski definition) is 3. The van der Waals surface area contributed by atoms with Crippen LogP contribution in [0.25, 0.3) is 0 Å². The molecule has 0 bridgehead atoms. The highest BCUT2D eigenvalue weighted by Crippen LogP contribution is 2.33. The molecule has 0 aromatic rings. The lowest BCUT2D eigenvalue weighted by Crippen LogP contribution is -2.47. The van der Waals surface area contributed by atoms with E-state index < -0.39 is 0 Å². The fourth-order valence-electron chi connectivity index (χ4n) is 3.89. The smallest absolute Gasteiger partial charge is 0.313 e. The van der Waals surface area contributed by atoms with Crippen molar-refractivity contribution < 1.29 is 14.6 Å². The standard InChI is InChI=1S/C23H44O3/c1-4-6-7-8-9-10-11-12-13-14-15-16-20(24)18-22-21(23(25)26-22)17-19(3)5-2/h19-22,24H,4-18H2,1-3H3/t19?,20-,21-,22-/m0/s1. The highest BCUT2D eigenvalue weighted by Gasteiger charge is 2.43. The molecular weight excluding hydrogens is 324 g/mol. The number of carbonyl (C=O) groups excluding carboxylic acids is 1. The summed E-state index contributed by atoms with van der Waals surface area (Å²) in [6.45, 7) is 6.61. The minimum atomic E-state index is -0.314. The van der Waals surface area contributed by atoms with Gasteiger partial charge in [0.25, 0.3) is 0 Å². The molecule has 0 amide bonds. The Morgan fingerprint density at radius 3 is 1.92 bits per heavy atom. The number of ether oxygens (including phenoxy) is 1. The Bertz CT molecular complexity index is 355. The van der Waals surface area contributed by atoms with Crippen LogP contribution in [-0.2, 0) is 9.53 Å². The van der Waals surface area contributed by atoms with Gasteiger partial charge in [-0.1, -0.05) is 97.8 Å². The van der Waals surface area contributed by atoms with E-state index in [1.54, 1.807) is 0 Å². The molecule has 0 aromatic heterocycles. The number of hydrogen-bond donors (Lipinski definition) is 1. The maximum atomic E-state index is 11.6. The number of rotatable bonds is 17. The van der Waals surface area contributed by atoms with Gasteiger partial charge in [-0.25, -0.2) is 0 Å². The number of aliphatic hydroxyl groups excluding tert-OH is 1. The van der Waals surface area contributed by atoms with Crippen molar-refractivity contribution in [2.24, 2.45) is 11.8 Å². The van der Waals surface area contributed by atoms with Gasteiger partial charge in [0, 0.05) is 6.42 Å². The molecule has 4 atom stereocenters. The fraction of sp³-hybridized carbons (Fsp3) is 0.957. The zero-order chi connectivity index (χ0) is 19.2. The summed E-state index contributed by atoms with van der Waals surface area (Å²) in [7, 11) is 0. The van der Waals surface area contributed by atoms with Crippen molar-refractivity contribution in [3.63, 3.8) is 0 Å². The molecule has 0 aromatic carbocycles. The third-order valence-electron chi connectivity index (χ3n) is 6.02. The summed E-state index contributed by atoms with van der Waals surface area (Å²) in [6, 6.07) is 0. The molecule has 154 valence electrons. The zero-order valence-electron chi connectivity index (χ0n) is 17.7. The summed E-state index contributed by atoms with van der Waals surface area (Å²) in [5.74, 6) is 0.522. The van der Waals surface area contributed by atoms with E-state index in [0.717, 1.165) is 25.7 Å². The zero-order valence-corrected chi connectivity index (χ0v) is 17.7. The summed E-state index contributed by atoms with van der Waals surface area (Å²) in [5.41, 5.74) is 0. The Morgan fingerprint density at radius 1 is 0.885 bits per heavy atom. The van der Waals surface area contributed by atoms with Crippen molar-refractivity contribution in [1.29, 1.82) is 0 Å². The van der Waals surface area contributed by atoms with Crippen LogP contribution in [-0.4, -0.2) is 23.3 Å². The van der Waals surface area contributed by atoms with E-state index in [0.29, 0.717) is 12.3 Å². The van der Waals surface area contributed by atoms with E-state index in [2.05, 4.69) is 20.8 Å². The number of esters is 1. The van der Waals surface area contributed by atoms with Gasteiger partial charge >= 0.3 is 5.97 Å². The topological polar surface area (TPSA) is 46.5 Å². The van der Waals surface area contributed by atoms with Gasteiger partial charge in [0.1, 0.15) is 6.10 Å². The SMILES string of the molecule is CCCCCCCCCCCCC[C@H](O)C[C@@H]1OC(=O)[C@H]1CC(C)CC. The molecule has 3 heteroatoms. The quantitative estimate of drug-likeness (QED) is 0.238. The van der Waals surface area contributed by atoms with Crippen LogP contribution in [0.3, 0.4) is 0 Å². The Hall–Kier alpha value is -0.570. The number of unbranched alkanes of at least 4 members (excludes halogenated alkanes) is 10. The molecule has 1 saturated heterocycles. The summed E-state index contributed by atoms with van der Waals surface area (Å²) in [6.07, 6.45) is 17.7. The van der Waals surface area contributed by atoms with Gasteiger partial charge in [0.05, 0.1) is 12.0 Å². The Kier molecular flexibility index (Phi) is 13.1. The monoisotopic (exact) mass is 368 g/mol. The van der Waals surface area contributed by atoms with E-state index >= 15 is 0 Å². The third kappa shape index (κ3) is 9.94. The molecule has 26 heavy (non-hydrogen) atoms. The molecule has 0 saturated carbocycles. The van der Waals surface area contributed by atoms with Gasteiger partial charge in [-0.2, -0.15) is 0 Å². The molecule has 1 N–H and O–H groups in total. The second-order valence-electron chi connectivity index (χ2n) is 8.54. The predicted molar refractivity (Wildman–Crippen MR) is 109 cm³/mol. The first kappa shape index (κ1) is 23.5. The van der Waals surface area contributed by atoms with Crippen molar-refractivity contribution in [3.05, 3.63) is 0 Å². The minimum absolute atomic E-state index is 0.0249. The molecular formula is C23H44O3. The van der Waals surface area contributed by atoms with E-state index in [9.17, 15) is 9.90 Å². The Labute approximate surface area is 162 Å². The average Bonchev–Trinajstić information content (AvgIpc) is 2.63. The lowest BCUT2D eigenvalue weighted by Gasteiger charge is -2.37. The molecule has 1 heterocycles. The first-order valence-corrected chi connectivity index (χ1v) is 11.5. The molecule has 0 spiro atoms. The summed E-state index contributed by atoms with van der Waals surface area (Å²) in [4.78, 5) is 11.6. The van der Waals surface area contributed by atoms with Crippen LogP contribution in [0.5, 0.6) is 0 Å². The van der Waals surface area contributed by atoms with Crippen LogP contribution >= 0.6 is 0 Å². The lowest BCUT2D eigenvalue weighted by atomic mass is 9.83. The van der Waals surface area contributed by atoms with Crippen LogP contribution in [0.2, 0.25) is 0 Å². The summed E-state index contributed by atoms with van der Waals surface area (Å²) >= 11 is 0. The normalized spacial score (nSPS) is 21.9. The number of aliphatic hydroxyl groups is 1. The van der Waals surface area contributed by atoms with Gasteiger partial charge in [-0.05, 0) is 18.8 Å². The first-order chi connectivity index (χ1) is 12.6. The molecule has 1 aliphatic rings. The van der Waals surface area contributed by atoms with Gasteiger partial charge in [-0.3, -0.25) is 4.79 Å². The van der Waals surface area contributed by atoms with Gasteiger partial charge in [-0.15, -0.1) is 0 Å². The maximum absolute atomic E-state index is 11.6. The van der Waals surface area contributed by atoms with Crippen LogP contribution in [0.1, 0.15) is 117 Å². The lowest BCUT2D eigenvalue weighted by molar-refractivity contribution is -0.189. The average molecular weight is 369 g/mol. The van der Waals surface area contributed by atoms with Crippen molar-refractivity contribution in [2.75, 3.05) is 0 Å². The Balaban J connectivity index is 1.95. The summed E-state index contributed by atoms with van der Waals surface area (Å²) in [5, 5.41) is 10.2. The maximum Gasteiger partial charge on any atom is 0.313 e. The number of carbonyl (C=O) groups is 1. The molecule has 0 aliphatic carbocycles. The van der Waals surface area contributed by atoms with E-state index in [1.165, 1.54) is 64.2 Å². The first-order valence-electron chi connectivity index (χ1n) is 11.5. The van der Waals surface area contributed by atoms with E-state index in [4.69, 9.17) is 4.74 Å². The van der Waals surface area contributed by atoms with Crippen LogP contribution in [0, 0.1) is 11.8 Å². The second-order valence-corrected chi connectivity index (χ2v) is 8.54. The predicted octanol–water partition coefficient (Wildman–Crippen LogP) is 6.42. The van der Waals surface area contributed by atoms with Gasteiger partial charge < -0.3 is 9.84 Å². The van der Waals surface area contributed by atoms with Gasteiger partial charge in [0.2, 0.25) is 0 Å². The minimum Gasteiger partial charge on any atom is -0.461 e. The molecule has 1 fully saturated rings. The number of cyclic esters (lactones) is 1. The highest BCUT2D eigenvalue weighted by molar-refractivity contribution is 5.78. The van der Waals surface area contributed by atoms with Crippen molar-refractivity contribution >= 4 is 5.97 Å². The van der Waals surface area contributed by atoms with Crippen molar-refractivity contribution in [2.45, 2.75) is 129 Å². The third-order valence-corrected chi connectivity index (χ3v) is 6.02. The van der Waals surface area contributed by atoms with Crippen LogP contribution < -0.4 is 0 Å². The Morgan fingerprint density at radius 2 is 1.42 bits per heavy atom. The molecule has 1 rings (SSSR count). The fourth-order valence-corrected chi connectivity index (χ4v) is 3.89. The van der Waals surface area contributed by atoms with Crippen molar-refractivity contribution in [3.8, 4) is 0 Å². The van der Waals surface area contributed by atoms with Crippen LogP contribution in [0.15, 0.2) is 0 Å². The van der Waals surface area contributed by atoms with E-state index in [1.807, 2.05) is 0 Å². The van der Waals surface area contributed by atoms with E-state index in [-0.39, 0.29) is 24.1 Å². The summed E-state index contributed by atoms with van der Waals surface area (Å²) < 4.78 is 5.28. The van der Waals surface area contributed by atoms with Crippen LogP contribution in [0.4, 0.5) is 0 Å². The van der Waals surface area contributed by atoms with Gasteiger partial charge in [0.15, 0.2) is 0 Å². The molecule has 0 radical (unpaired) electrons. The molecule has 1 aliphatic heterocycles. The second kappa shape index (κ2) is 14.5. The highest BCUT2D eigenvalue weighted by atomic mass is 16.6. The molecule has 3 nitrogen and oxygen atoms in total.